The van der Waals surface area contributed by atoms with Gasteiger partial charge in [0, 0.05) is 13.5 Å². The molecule has 1 aromatic rings. The second-order valence-corrected chi connectivity index (χ2v) is 8.01. The van der Waals surface area contributed by atoms with E-state index >= 15 is 0 Å². The quantitative estimate of drug-likeness (QED) is 0.779. The topological polar surface area (TPSA) is 101 Å². The molecular formula is C18H21NO6S. The smallest absolute Gasteiger partial charge is 0.306 e. The van der Waals surface area contributed by atoms with E-state index in [1.165, 1.54) is 24.0 Å². The Bertz CT molecular complexity index is 852. The summed E-state index contributed by atoms with van der Waals surface area (Å²) >= 11 is 0. The summed E-state index contributed by atoms with van der Waals surface area (Å²) in [6.45, 7) is 3.04. The van der Waals surface area contributed by atoms with Crippen molar-refractivity contribution < 1.29 is 27.9 Å². The molecule has 0 saturated carbocycles. The Morgan fingerprint density at radius 3 is 2.65 bits per heavy atom. The van der Waals surface area contributed by atoms with Crippen LogP contribution >= 0.6 is 0 Å². The number of benzene rings is 1. The van der Waals surface area contributed by atoms with Crippen LogP contribution in [0.4, 0.5) is 0 Å². The van der Waals surface area contributed by atoms with Crippen LogP contribution in [0.1, 0.15) is 26.7 Å². The van der Waals surface area contributed by atoms with E-state index in [0.29, 0.717) is 0 Å². The molecule has 1 fully saturated rings. The van der Waals surface area contributed by atoms with Crippen LogP contribution in [0.3, 0.4) is 0 Å². The third-order valence-electron chi connectivity index (χ3n) is 4.30. The molecule has 7 nitrogen and oxygen atoms in total. The second-order valence-electron chi connectivity index (χ2n) is 5.93. The number of rotatable bonds is 5. The van der Waals surface area contributed by atoms with Gasteiger partial charge in [0.2, 0.25) is 15.7 Å². The van der Waals surface area contributed by atoms with Crippen molar-refractivity contribution in [2.75, 3.05) is 13.2 Å². The van der Waals surface area contributed by atoms with Crippen LogP contribution in [0, 0.1) is 17.8 Å². The van der Waals surface area contributed by atoms with Crippen molar-refractivity contribution in [3.63, 3.8) is 0 Å². The number of carbonyl (C=O) groups is 2. The highest BCUT2D eigenvalue weighted by molar-refractivity contribution is 7.92. The third-order valence-corrected chi connectivity index (χ3v) is 6.41. The fraction of sp³-hybridized carbons (Fsp3) is 0.444. The van der Waals surface area contributed by atoms with Crippen molar-refractivity contribution in [3.05, 3.63) is 24.3 Å². The lowest BCUT2D eigenvalue weighted by Gasteiger charge is -2.37. The van der Waals surface area contributed by atoms with Crippen LogP contribution in [-0.4, -0.2) is 48.8 Å². The number of sulfone groups is 1. The molecule has 1 heterocycles. The summed E-state index contributed by atoms with van der Waals surface area (Å²) in [5, 5.41) is 8.04. The molecule has 8 heteroatoms. The van der Waals surface area contributed by atoms with Crippen LogP contribution < -0.4 is 4.74 Å². The van der Waals surface area contributed by atoms with Crippen LogP contribution in [0.2, 0.25) is 0 Å². The lowest BCUT2D eigenvalue weighted by molar-refractivity contribution is -0.145. The molecule has 1 aliphatic heterocycles. The Balaban J connectivity index is 2.44. The van der Waals surface area contributed by atoms with E-state index in [1.807, 2.05) is 0 Å². The molecule has 1 N–H and O–H groups in total. The Kier molecular flexibility index (Phi) is 6.27. The molecule has 140 valence electrons. The number of carbonyl (C=O) groups excluding carboxylic acids is 1. The molecule has 1 saturated heterocycles. The van der Waals surface area contributed by atoms with Gasteiger partial charge in [0.1, 0.15) is 22.6 Å². The zero-order chi connectivity index (χ0) is 19.3. The van der Waals surface area contributed by atoms with Crippen LogP contribution in [-0.2, 0) is 19.4 Å². The van der Waals surface area contributed by atoms with E-state index < -0.39 is 33.0 Å². The Hall–Kier alpha value is -2.53. The Morgan fingerprint density at radius 1 is 1.35 bits per heavy atom. The average Bonchev–Trinajstić information content (AvgIpc) is 2.61. The number of hydrogen-bond donors (Lipinski definition) is 1. The maximum atomic E-state index is 13.2. The highest BCUT2D eigenvalue weighted by Gasteiger charge is 2.42. The summed E-state index contributed by atoms with van der Waals surface area (Å²) in [4.78, 5) is 24.4. The van der Waals surface area contributed by atoms with Crippen LogP contribution in [0.25, 0.3) is 0 Å². The number of para-hydroxylation sites is 1. The third kappa shape index (κ3) is 4.17. The van der Waals surface area contributed by atoms with Crippen molar-refractivity contribution in [2.45, 2.75) is 37.0 Å². The summed E-state index contributed by atoms with van der Waals surface area (Å²) in [5.74, 6) is 3.21. The van der Waals surface area contributed by atoms with E-state index in [2.05, 4.69) is 11.8 Å². The van der Waals surface area contributed by atoms with E-state index in [9.17, 15) is 23.1 Å². The zero-order valence-electron chi connectivity index (χ0n) is 14.6. The SMILES string of the molecule is CC#CCOc1ccccc1S(=O)(=O)C1CC(C(=O)O)CCN1C(C)=O. The molecule has 1 amide bonds. The largest absolute Gasteiger partial charge is 0.481 e. The van der Waals surface area contributed by atoms with Gasteiger partial charge >= 0.3 is 5.97 Å². The second kappa shape index (κ2) is 8.23. The van der Waals surface area contributed by atoms with Crippen molar-refractivity contribution in [1.29, 1.82) is 0 Å². The Labute approximate surface area is 152 Å². The molecule has 2 unspecified atom stereocenters. The molecule has 0 spiro atoms. The first-order valence-corrected chi connectivity index (χ1v) is 9.69. The van der Waals surface area contributed by atoms with Gasteiger partial charge in [-0.05, 0) is 31.9 Å². The Morgan fingerprint density at radius 2 is 2.04 bits per heavy atom. The minimum Gasteiger partial charge on any atom is -0.481 e. The lowest BCUT2D eigenvalue weighted by atomic mass is 9.97. The van der Waals surface area contributed by atoms with Crippen LogP contribution in [0.5, 0.6) is 5.75 Å². The number of ether oxygens (including phenoxy) is 1. The number of aliphatic carboxylic acids is 1. The van der Waals surface area contributed by atoms with Crippen LogP contribution in [0.15, 0.2) is 29.2 Å². The monoisotopic (exact) mass is 379 g/mol. The number of hydrogen-bond acceptors (Lipinski definition) is 5. The number of amides is 1. The predicted molar refractivity (Wildman–Crippen MR) is 94.1 cm³/mol. The minimum atomic E-state index is -4.02. The number of piperidine rings is 1. The van der Waals surface area contributed by atoms with Crippen molar-refractivity contribution in [1.82, 2.24) is 4.90 Å². The maximum absolute atomic E-state index is 13.2. The first-order valence-electron chi connectivity index (χ1n) is 8.14. The number of carboxylic acid groups (broad SMARTS) is 1. The summed E-state index contributed by atoms with van der Waals surface area (Å²) in [6, 6.07) is 6.10. The summed E-state index contributed by atoms with van der Waals surface area (Å²) in [7, 11) is -4.02. The van der Waals surface area contributed by atoms with Gasteiger partial charge in [0.05, 0.1) is 5.92 Å². The summed E-state index contributed by atoms with van der Waals surface area (Å²) in [5.41, 5.74) is 0. The predicted octanol–water partition coefficient (Wildman–Crippen LogP) is 1.53. The molecule has 2 atom stereocenters. The molecule has 0 bridgehead atoms. The molecular weight excluding hydrogens is 358 g/mol. The number of likely N-dealkylation sites (tertiary alicyclic amines) is 1. The van der Waals surface area contributed by atoms with Gasteiger partial charge in [-0.2, -0.15) is 0 Å². The van der Waals surface area contributed by atoms with Crippen molar-refractivity contribution >= 4 is 21.7 Å². The number of nitrogens with zero attached hydrogens (tertiary/aromatic N) is 1. The van der Waals surface area contributed by atoms with Gasteiger partial charge < -0.3 is 14.7 Å². The van der Waals surface area contributed by atoms with Crippen molar-refractivity contribution in [2.24, 2.45) is 5.92 Å². The van der Waals surface area contributed by atoms with E-state index in [1.54, 1.807) is 19.1 Å². The van der Waals surface area contributed by atoms with Gasteiger partial charge in [0.15, 0.2) is 0 Å². The van der Waals surface area contributed by atoms with Gasteiger partial charge in [-0.15, -0.1) is 5.92 Å². The highest BCUT2D eigenvalue weighted by atomic mass is 32.2. The molecule has 0 radical (unpaired) electrons. The molecule has 1 aliphatic rings. The zero-order valence-corrected chi connectivity index (χ0v) is 15.5. The van der Waals surface area contributed by atoms with Gasteiger partial charge in [0.25, 0.3) is 0 Å². The minimum absolute atomic E-state index is 0.0296. The lowest BCUT2D eigenvalue weighted by Crippen LogP contribution is -2.50. The maximum Gasteiger partial charge on any atom is 0.306 e. The van der Waals surface area contributed by atoms with Gasteiger partial charge in [-0.3, -0.25) is 9.59 Å². The molecule has 0 aromatic heterocycles. The average molecular weight is 379 g/mol. The summed E-state index contributed by atoms with van der Waals surface area (Å²) in [6.07, 6.45) is 0.0749. The van der Waals surface area contributed by atoms with Gasteiger partial charge in [-0.1, -0.05) is 18.1 Å². The molecule has 0 aliphatic carbocycles. The standard InChI is InChI=1S/C18H21NO6S/c1-3-4-11-25-15-7-5-6-8-16(15)26(23,24)17-12-14(18(21)22)9-10-19(17)13(2)20/h5-8,14,17H,9-12H2,1-2H3,(H,21,22). The number of carboxylic acids is 1. The van der Waals surface area contributed by atoms with E-state index in [4.69, 9.17) is 4.74 Å². The normalized spacial score (nSPS) is 20.0. The highest BCUT2D eigenvalue weighted by Crippen LogP contribution is 2.34. The first-order chi connectivity index (χ1) is 12.3. The van der Waals surface area contributed by atoms with E-state index in [0.717, 1.165) is 0 Å². The summed E-state index contributed by atoms with van der Waals surface area (Å²) < 4.78 is 31.9. The molecule has 2 rings (SSSR count). The first kappa shape index (κ1) is 19.8. The molecule has 26 heavy (non-hydrogen) atoms. The van der Waals surface area contributed by atoms with Gasteiger partial charge in [-0.25, -0.2) is 8.42 Å². The fourth-order valence-electron chi connectivity index (χ4n) is 2.94. The fourth-order valence-corrected chi connectivity index (χ4v) is 4.99. The van der Waals surface area contributed by atoms with Crippen molar-refractivity contribution in [3.8, 4) is 17.6 Å². The molecule has 1 aromatic carbocycles. The van der Waals surface area contributed by atoms with E-state index in [-0.39, 0.29) is 36.6 Å².